The van der Waals surface area contributed by atoms with Crippen molar-refractivity contribution in [3.63, 3.8) is 0 Å². The first-order chi connectivity index (χ1) is 9.92. The van der Waals surface area contributed by atoms with Crippen molar-refractivity contribution < 1.29 is 9.66 Å². The fourth-order valence-corrected chi connectivity index (χ4v) is 2.41. The molecule has 0 spiro atoms. The van der Waals surface area contributed by atoms with Crippen molar-refractivity contribution in [2.75, 3.05) is 0 Å². The number of benzene rings is 2. The van der Waals surface area contributed by atoms with E-state index in [9.17, 15) is 10.1 Å². The summed E-state index contributed by atoms with van der Waals surface area (Å²) in [6.45, 7) is 0. The minimum atomic E-state index is -0.602. The summed E-state index contributed by atoms with van der Waals surface area (Å²) >= 11 is 15.1. The summed E-state index contributed by atoms with van der Waals surface area (Å²) in [7, 11) is 0. The summed E-state index contributed by atoms with van der Waals surface area (Å²) in [5, 5.41) is 19.7. The Bertz CT molecular complexity index is 751. The van der Waals surface area contributed by atoms with Gasteiger partial charge in [-0.2, -0.15) is 5.26 Å². The number of halogens is 3. The zero-order valence-electron chi connectivity index (χ0n) is 10.1. The van der Waals surface area contributed by atoms with Crippen LogP contribution in [0.5, 0.6) is 11.5 Å². The molecule has 0 fully saturated rings. The van der Waals surface area contributed by atoms with E-state index in [1.807, 2.05) is 6.07 Å². The number of nitro benzene ring substituents is 1. The highest BCUT2D eigenvalue weighted by atomic mass is 79.9. The van der Waals surface area contributed by atoms with Crippen LogP contribution in [0.25, 0.3) is 0 Å². The largest absolute Gasteiger partial charge is 0.454 e. The van der Waals surface area contributed by atoms with E-state index >= 15 is 0 Å². The molecule has 21 heavy (non-hydrogen) atoms. The predicted octanol–water partition coefficient (Wildman–Crippen LogP) is 5.33. The fourth-order valence-electron chi connectivity index (χ4n) is 1.52. The molecule has 0 aromatic heterocycles. The van der Waals surface area contributed by atoms with E-state index in [-0.39, 0.29) is 21.5 Å². The second-order valence-corrected chi connectivity index (χ2v) is 5.52. The van der Waals surface area contributed by atoms with E-state index in [2.05, 4.69) is 15.9 Å². The Kier molecular flexibility index (Phi) is 4.68. The molecule has 0 saturated carbocycles. The molecule has 0 aliphatic rings. The standard InChI is InChI=1S/C13H5BrCl2N2O3/c14-10-2-1-9(3-7(10)6-17)21-13-11(15)4-8(18(19)20)5-12(13)16/h1-5H. The molecule has 0 aliphatic carbocycles. The highest BCUT2D eigenvalue weighted by Gasteiger charge is 2.16. The number of non-ortho nitro benzene ring substituents is 1. The number of hydrogen-bond acceptors (Lipinski definition) is 4. The van der Waals surface area contributed by atoms with Crippen LogP contribution in [0.3, 0.4) is 0 Å². The van der Waals surface area contributed by atoms with Gasteiger partial charge in [0.2, 0.25) is 0 Å². The minimum Gasteiger partial charge on any atom is -0.454 e. The Morgan fingerprint density at radius 3 is 2.38 bits per heavy atom. The van der Waals surface area contributed by atoms with Gasteiger partial charge >= 0.3 is 0 Å². The quantitative estimate of drug-likeness (QED) is 0.526. The van der Waals surface area contributed by atoms with Gasteiger partial charge in [0.1, 0.15) is 11.8 Å². The molecule has 2 rings (SSSR count). The van der Waals surface area contributed by atoms with Crippen molar-refractivity contribution in [1.29, 1.82) is 5.26 Å². The summed E-state index contributed by atoms with van der Waals surface area (Å²) in [6.07, 6.45) is 0. The molecule has 0 N–H and O–H groups in total. The maximum absolute atomic E-state index is 10.7. The van der Waals surface area contributed by atoms with E-state index in [1.54, 1.807) is 12.1 Å². The monoisotopic (exact) mass is 386 g/mol. The Morgan fingerprint density at radius 2 is 1.86 bits per heavy atom. The molecule has 0 bridgehead atoms. The van der Waals surface area contributed by atoms with Gasteiger partial charge in [-0.15, -0.1) is 0 Å². The summed E-state index contributed by atoms with van der Waals surface area (Å²) in [4.78, 5) is 10.1. The highest BCUT2D eigenvalue weighted by Crippen LogP contribution is 2.39. The molecule has 0 saturated heterocycles. The Labute approximate surface area is 137 Å². The molecule has 0 heterocycles. The van der Waals surface area contributed by atoms with Crippen molar-refractivity contribution in [3.05, 3.63) is 60.5 Å². The Balaban J connectivity index is 2.41. The van der Waals surface area contributed by atoms with Crippen LogP contribution in [0, 0.1) is 21.4 Å². The molecule has 5 nitrogen and oxygen atoms in total. The normalized spacial score (nSPS) is 10.0. The lowest BCUT2D eigenvalue weighted by molar-refractivity contribution is -0.384. The highest BCUT2D eigenvalue weighted by molar-refractivity contribution is 9.10. The van der Waals surface area contributed by atoms with Gasteiger partial charge in [0.15, 0.2) is 5.75 Å². The lowest BCUT2D eigenvalue weighted by atomic mass is 10.2. The minimum absolute atomic E-state index is 0.00984. The molecule has 0 aliphatic heterocycles. The van der Waals surface area contributed by atoms with Gasteiger partial charge in [0, 0.05) is 16.6 Å². The van der Waals surface area contributed by atoms with Gasteiger partial charge < -0.3 is 4.74 Å². The molecule has 0 radical (unpaired) electrons. The molecule has 8 heteroatoms. The fraction of sp³-hybridized carbons (Fsp3) is 0. The second-order valence-electron chi connectivity index (χ2n) is 3.85. The maximum Gasteiger partial charge on any atom is 0.272 e. The smallest absolute Gasteiger partial charge is 0.272 e. The van der Waals surface area contributed by atoms with Gasteiger partial charge in [-0.05, 0) is 34.1 Å². The number of nitro groups is 1. The van der Waals surface area contributed by atoms with Gasteiger partial charge in [0.05, 0.1) is 20.5 Å². The zero-order chi connectivity index (χ0) is 15.6. The maximum atomic E-state index is 10.7. The third kappa shape index (κ3) is 3.45. The van der Waals surface area contributed by atoms with E-state index in [4.69, 9.17) is 33.2 Å². The van der Waals surface area contributed by atoms with Crippen LogP contribution in [-0.2, 0) is 0 Å². The first-order valence-electron chi connectivity index (χ1n) is 5.43. The van der Waals surface area contributed by atoms with Crippen molar-refractivity contribution in [1.82, 2.24) is 0 Å². The number of ether oxygens (including phenoxy) is 1. The van der Waals surface area contributed by atoms with Crippen LogP contribution in [0.2, 0.25) is 10.0 Å². The Hall–Kier alpha value is -1.81. The average molecular weight is 388 g/mol. The molecule has 0 amide bonds. The number of nitriles is 1. The van der Waals surface area contributed by atoms with Crippen LogP contribution in [0.4, 0.5) is 5.69 Å². The summed E-state index contributed by atoms with van der Waals surface area (Å²) in [6, 6.07) is 9.03. The second kappa shape index (κ2) is 6.31. The van der Waals surface area contributed by atoms with Crippen molar-refractivity contribution in [3.8, 4) is 17.6 Å². The van der Waals surface area contributed by atoms with E-state index in [0.29, 0.717) is 15.8 Å². The van der Waals surface area contributed by atoms with Crippen molar-refractivity contribution in [2.24, 2.45) is 0 Å². The summed E-state index contributed by atoms with van der Waals surface area (Å²) in [5.41, 5.74) is 0.146. The molecule has 2 aromatic carbocycles. The molecule has 0 atom stereocenters. The van der Waals surface area contributed by atoms with Gasteiger partial charge in [-0.1, -0.05) is 23.2 Å². The van der Waals surface area contributed by atoms with Crippen molar-refractivity contribution >= 4 is 44.8 Å². The van der Waals surface area contributed by atoms with Crippen LogP contribution < -0.4 is 4.74 Å². The number of rotatable bonds is 3. The van der Waals surface area contributed by atoms with Crippen LogP contribution in [-0.4, -0.2) is 4.92 Å². The predicted molar refractivity (Wildman–Crippen MR) is 82.0 cm³/mol. The van der Waals surface area contributed by atoms with E-state index < -0.39 is 4.92 Å². The van der Waals surface area contributed by atoms with Crippen LogP contribution in [0.15, 0.2) is 34.8 Å². The number of nitrogens with zero attached hydrogens (tertiary/aromatic N) is 2. The SMILES string of the molecule is N#Cc1cc(Oc2c(Cl)cc([N+](=O)[O-])cc2Cl)ccc1Br. The first kappa shape index (κ1) is 15.6. The van der Waals surface area contributed by atoms with Gasteiger partial charge in [0.25, 0.3) is 5.69 Å². The zero-order valence-corrected chi connectivity index (χ0v) is 13.2. The Morgan fingerprint density at radius 1 is 1.24 bits per heavy atom. The molecule has 0 unspecified atom stereocenters. The van der Waals surface area contributed by atoms with E-state index in [0.717, 1.165) is 12.1 Å². The number of hydrogen-bond donors (Lipinski definition) is 0. The molecular formula is C13H5BrCl2N2O3. The van der Waals surface area contributed by atoms with E-state index in [1.165, 1.54) is 6.07 Å². The molecular weight excluding hydrogens is 383 g/mol. The molecule has 106 valence electrons. The summed E-state index contributed by atoms with van der Waals surface area (Å²) < 4.78 is 6.14. The third-order valence-electron chi connectivity index (χ3n) is 2.47. The third-order valence-corrected chi connectivity index (χ3v) is 3.73. The van der Waals surface area contributed by atoms with Crippen LogP contribution in [0.1, 0.15) is 5.56 Å². The first-order valence-corrected chi connectivity index (χ1v) is 6.98. The topological polar surface area (TPSA) is 76.2 Å². The average Bonchev–Trinajstić information content (AvgIpc) is 2.44. The lowest BCUT2D eigenvalue weighted by Crippen LogP contribution is -1.92. The molecule has 2 aromatic rings. The van der Waals surface area contributed by atoms with Gasteiger partial charge in [-0.3, -0.25) is 10.1 Å². The summed E-state index contributed by atoms with van der Waals surface area (Å²) in [5.74, 6) is 0.433. The van der Waals surface area contributed by atoms with Crippen molar-refractivity contribution in [2.45, 2.75) is 0 Å². The van der Waals surface area contributed by atoms with Gasteiger partial charge in [-0.25, -0.2) is 0 Å². The lowest BCUT2D eigenvalue weighted by Gasteiger charge is -2.10. The van der Waals surface area contributed by atoms with Crippen LogP contribution >= 0.6 is 39.1 Å².